The van der Waals surface area contributed by atoms with E-state index in [-0.39, 0.29) is 109 Å². The maximum atomic E-state index is 14.3. The number of rotatable bonds is 23. The molecule has 1 unspecified atom stereocenters. The molecule has 11 N–H and O–H groups in total. The van der Waals surface area contributed by atoms with Gasteiger partial charge in [-0.2, -0.15) is 0 Å². The van der Waals surface area contributed by atoms with Gasteiger partial charge in [-0.15, -0.1) is 11.8 Å². The number of amides is 8. The largest absolute Gasteiger partial charge is 0.507 e. The van der Waals surface area contributed by atoms with Crippen LogP contribution in [0.25, 0.3) is 0 Å². The second kappa shape index (κ2) is 26.6. The Morgan fingerprint density at radius 1 is 0.884 bits per heavy atom. The van der Waals surface area contributed by atoms with Gasteiger partial charge in [0.15, 0.2) is 22.8 Å². The van der Waals surface area contributed by atoms with Crippen LogP contribution in [0.2, 0.25) is 0 Å². The molecule has 450 valence electrons. The van der Waals surface area contributed by atoms with Gasteiger partial charge in [0, 0.05) is 54.9 Å². The summed E-state index contributed by atoms with van der Waals surface area (Å²) in [5.41, 5.74) is 3.56. The number of anilines is 2. The number of nitrogens with two attached hydrogens (primary N) is 1. The van der Waals surface area contributed by atoms with Crippen LogP contribution in [0.5, 0.6) is 5.75 Å². The van der Waals surface area contributed by atoms with Gasteiger partial charge >= 0.3 is 12.1 Å². The number of ketones is 2. The van der Waals surface area contributed by atoms with Crippen molar-refractivity contribution in [1.82, 2.24) is 26.2 Å². The number of epoxide rings is 1. The summed E-state index contributed by atoms with van der Waals surface area (Å²) in [6, 6.07) is 8.31. The predicted molar refractivity (Wildman–Crippen MR) is 318 cm³/mol. The summed E-state index contributed by atoms with van der Waals surface area (Å²) < 4.78 is 11.6. The van der Waals surface area contributed by atoms with Crippen molar-refractivity contribution in [1.29, 1.82) is 0 Å². The van der Waals surface area contributed by atoms with Crippen molar-refractivity contribution >= 4 is 76.4 Å². The highest BCUT2D eigenvalue weighted by Crippen LogP contribution is 2.67. The lowest BCUT2D eigenvalue weighted by atomic mass is 9.69. The number of alkyl carbamates (subject to hydrolysis) is 1. The number of hydrogen-bond donors (Lipinski definition) is 10. The normalized spacial score (nSPS) is 24.0. The van der Waals surface area contributed by atoms with Gasteiger partial charge in [-0.1, -0.05) is 92.8 Å². The molecule has 3 aromatic carbocycles. The van der Waals surface area contributed by atoms with Crippen LogP contribution in [0.4, 0.5) is 21.0 Å². The average Bonchev–Trinajstić information content (AvgIpc) is 1.48. The number of aliphatic hydroxyl groups excluding tert-OH is 2. The number of allylic oxidation sites excluding steroid dienone is 9. The van der Waals surface area contributed by atoms with Gasteiger partial charge in [-0.05, 0) is 103 Å². The number of fused-ring (bicyclic) bond motifs is 4. The molecule has 3 aliphatic heterocycles. The number of phenols is 1. The smallest absolute Gasteiger partial charge is 0.407 e. The molecular formula is C63H68N8O14S. The lowest BCUT2D eigenvalue weighted by Crippen LogP contribution is -2.55. The van der Waals surface area contributed by atoms with Crippen molar-refractivity contribution in [2.24, 2.45) is 11.7 Å². The van der Waals surface area contributed by atoms with Gasteiger partial charge in [0.2, 0.25) is 29.5 Å². The second-order valence-corrected chi connectivity index (χ2v) is 23.4. The molecule has 9 rings (SSSR count). The van der Waals surface area contributed by atoms with E-state index in [4.69, 9.17) is 15.2 Å². The average molecular weight is 1190 g/mol. The van der Waals surface area contributed by atoms with Crippen LogP contribution in [0.15, 0.2) is 108 Å². The van der Waals surface area contributed by atoms with Crippen LogP contribution in [0.1, 0.15) is 121 Å². The summed E-state index contributed by atoms with van der Waals surface area (Å²) in [7, 11) is 0. The summed E-state index contributed by atoms with van der Waals surface area (Å²) in [4.78, 5) is 122. The number of urea groups is 1. The highest BCUT2D eigenvalue weighted by Gasteiger charge is 2.82. The molecule has 3 aliphatic carbocycles. The molecule has 0 saturated carbocycles. The van der Waals surface area contributed by atoms with Gasteiger partial charge in [0.25, 0.3) is 0 Å². The Balaban J connectivity index is 0.739. The van der Waals surface area contributed by atoms with Crippen LogP contribution in [0, 0.1) is 17.8 Å². The third-order valence-electron chi connectivity index (χ3n) is 15.8. The Morgan fingerprint density at radius 3 is 2.38 bits per heavy atom. The number of carbonyl (C=O) groups is 9. The summed E-state index contributed by atoms with van der Waals surface area (Å²) in [6.07, 6.45) is 15.8. The number of aromatic hydroxyl groups is 1. The zero-order valence-electron chi connectivity index (χ0n) is 47.6. The van der Waals surface area contributed by atoms with E-state index in [2.05, 4.69) is 43.7 Å². The number of phenolic OH excluding ortho intramolecular Hbond substituents is 1. The lowest BCUT2D eigenvalue weighted by Gasteiger charge is -2.38. The number of aliphatic hydroxyl groups is 2. The van der Waals surface area contributed by atoms with E-state index in [0.717, 1.165) is 4.91 Å². The van der Waals surface area contributed by atoms with Gasteiger partial charge in [-0.25, -0.2) is 9.59 Å². The van der Waals surface area contributed by atoms with Crippen molar-refractivity contribution in [2.75, 3.05) is 23.7 Å². The standard InChI is InChI=1S/C63H68N8O14S/c1-35(2)53(70-49(75)21-11-8-14-29-71-50(76)32-46(59(71)81)86-40-16-9-6-4-5-7-10-17-40)58(80)68-44(18-15-28-65-60(64)82)57(79)67-39-25-22-37(23-26-39)34-84-61(83)66-33-38-24-27-41-42(30-38)56(78)51-45(73)31-43-54(52(51)55(41)77)69-47-19-12-13-20-48(74)63(43)62(47,85-63)36(3)72/h4-7,9-10,13,16,20,22-27,30-31,35-36,44,46-48,53,69,72-74H,8,11,14-15,17-18,21,28-29,32-34H2,1-3H3,(H,66,83)(H,67,79)(H,68,80)(H,70,75)(H3,64,65,82)/b5-4-,9-6-,10-7-,20-13?,40-16+/t36-,44+,46?,47+,48-,53+,62+,63+/m1/s1. The first kappa shape index (κ1) is 61.7. The molecule has 23 heteroatoms. The van der Waals surface area contributed by atoms with Crippen LogP contribution in [0.3, 0.4) is 0 Å². The van der Waals surface area contributed by atoms with E-state index < -0.39 is 88.0 Å². The third-order valence-corrected chi connectivity index (χ3v) is 17.1. The monoisotopic (exact) mass is 1190 g/mol. The Kier molecular flexibility index (Phi) is 19.1. The predicted octanol–water partition coefficient (Wildman–Crippen LogP) is 5.06. The summed E-state index contributed by atoms with van der Waals surface area (Å²) in [6.45, 7) is 5.08. The molecule has 2 saturated heterocycles. The van der Waals surface area contributed by atoms with Gasteiger partial charge in [0.05, 0.1) is 28.2 Å². The number of hydrogen-bond acceptors (Lipinski definition) is 16. The van der Waals surface area contributed by atoms with Gasteiger partial charge in [-0.3, -0.25) is 38.5 Å². The number of carbonyl (C=O) groups excluding carboxylic acids is 9. The fourth-order valence-electron chi connectivity index (χ4n) is 11.4. The fourth-order valence-corrected chi connectivity index (χ4v) is 12.5. The minimum Gasteiger partial charge on any atom is -0.507 e. The molecule has 0 aromatic heterocycles. The first-order valence-corrected chi connectivity index (χ1v) is 29.4. The van der Waals surface area contributed by atoms with Crippen molar-refractivity contribution in [3.63, 3.8) is 0 Å². The number of nitrogens with one attached hydrogen (secondary N) is 6. The zero-order chi connectivity index (χ0) is 61.5. The first-order chi connectivity index (χ1) is 41.2. The quantitative estimate of drug-likeness (QED) is 0.0153. The van der Waals surface area contributed by atoms with Crippen molar-refractivity contribution in [3.8, 4) is 17.6 Å². The molecule has 3 heterocycles. The summed E-state index contributed by atoms with van der Waals surface area (Å²) >= 11 is 1.41. The summed E-state index contributed by atoms with van der Waals surface area (Å²) in [5, 5.41) is 49.8. The molecule has 0 spiro atoms. The number of benzene rings is 3. The molecular weight excluding hydrogens is 1120 g/mol. The molecule has 2 fully saturated rings. The van der Waals surface area contributed by atoms with Crippen LogP contribution in [-0.4, -0.2) is 128 Å². The van der Waals surface area contributed by atoms with Crippen LogP contribution < -0.4 is 37.6 Å². The molecule has 2 bridgehead atoms. The fraction of sp³-hybridized carbons (Fsp3) is 0.381. The SMILES string of the molecule is CC(C)[C@H](NC(=O)CCCCCN1C(=O)CC(S/C2=C/C=C\C=C/C=C\C2)C1=O)C(=O)N[C@@H](CCCNC(N)=O)C(=O)Nc1ccc(COC(=O)NCc2ccc3c(c2)C(=O)c2c(O)cc4c(c2C3=O)N[C@H]2C#CC=C[C@@H](O)[C@@]43O[C@@]23[C@@H](C)O)cc1. The molecule has 86 heavy (non-hydrogen) atoms. The number of likely N-dealkylation sites (tertiary alicyclic amines) is 1. The van der Waals surface area contributed by atoms with E-state index in [1.807, 2.05) is 42.5 Å². The minimum absolute atomic E-state index is 0.0105. The first-order valence-electron chi connectivity index (χ1n) is 28.5. The highest BCUT2D eigenvalue weighted by molar-refractivity contribution is 8.04. The minimum atomic E-state index is -1.58. The number of ether oxygens (including phenoxy) is 2. The Morgan fingerprint density at radius 2 is 1.63 bits per heavy atom. The molecule has 6 aliphatic rings. The highest BCUT2D eigenvalue weighted by atomic mass is 32.2. The Labute approximate surface area is 500 Å². The summed E-state index contributed by atoms with van der Waals surface area (Å²) in [5.74, 6) is 1.64. The zero-order valence-corrected chi connectivity index (χ0v) is 48.4. The van der Waals surface area contributed by atoms with Crippen molar-refractivity contribution in [3.05, 3.63) is 147 Å². The van der Waals surface area contributed by atoms with Crippen LogP contribution in [-0.2, 0) is 52.2 Å². The Hall–Kier alpha value is -8.82. The maximum Gasteiger partial charge on any atom is 0.407 e. The van der Waals surface area contributed by atoms with Crippen molar-refractivity contribution in [2.45, 2.75) is 132 Å². The number of unbranched alkanes of at least 4 members (excludes halogenated alkanes) is 2. The molecule has 3 aromatic rings. The topological polar surface area (TPSA) is 338 Å². The van der Waals surface area contributed by atoms with Crippen LogP contribution >= 0.6 is 11.8 Å². The van der Waals surface area contributed by atoms with E-state index in [9.17, 15) is 58.5 Å². The Bertz CT molecular complexity index is 3470. The van der Waals surface area contributed by atoms with Gasteiger partial charge < -0.3 is 62.4 Å². The van der Waals surface area contributed by atoms with Crippen molar-refractivity contribution < 1.29 is 67.9 Å². The maximum absolute atomic E-state index is 14.3. The van der Waals surface area contributed by atoms with Gasteiger partial charge in [0.1, 0.15) is 36.6 Å². The van der Waals surface area contributed by atoms with E-state index >= 15 is 0 Å². The molecule has 22 nitrogen and oxygen atoms in total. The number of imide groups is 1. The number of nitrogens with zero attached hydrogens (tertiary/aromatic N) is 1. The van der Waals surface area contributed by atoms with E-state index in [1.54, 1.807) is 44.2 Å². The molecule has 8 atom stereocenters. The number of primary amides is 1. The second-order valence-electron chi connectivity index (χ2n) is 22.0. The molecule has 8 amide bonds. The van der Waals surface area contributed by atoms with E-state index in [1.165, 1.54) is 53.9 Å². The lowest BCUT2D eigenvalue weighted by molar-refractivity contribution is -0.138. The van der Waals surface area contributed by atoms with E-state index in [0.29, 0.717) is 42.5 Å². The third kappa shape index (κ3) is 13.0. The molecule has 0 radical (unpaired) electrons. The number of thioether (sulfide) groups is 1.